The van der Waals surface area contributed by atoms with E-state index in [-0.39, 0.29) is 5.82 Å². The van der Waals surface area contributed by atoms with Gasteiger partial charge in [-0.3, -0.25) is 0 Å². The van der Waals surface area contributed by atoms with Gasteiger partial charge in [0, 0.05) is 5.39 Å². The highest BCUT2D eigenvalue weighted by Gasteiger charge is 2.25. The highest BCUT2D eigenvalue weighted by molar-refractivity contribution is 5.84. The average Bonchev–Trinajstić information content (AvgIpc) is 2.84. The minimum Gasteiger partial charge on any atom is -0.206 e. The fourth-order valence-electron chi connectivity index (χ4n) is 6.45. The third kappa shape index (κ3) is 5.83. The van der Waals surface area contributed by atoms with Crippen molar-refractivity contribution in [2.45, 2.75) is 103 Å². The van der Waals surface area contributed by atoms with Gasteiger partial charge >= 0.3 is 0 Å². The zero-order valence-corrected chi connectivity index (χ0v) is 20.4. The highest BCUT2D eigenvalue weighted by Crippen LogP contribution is 2.41. The second-order valence-electron chi connectivity index (χ2n) is 10.7. The van der Waals surface area contributed by atoms with Gasteiger partial charge in [0.2, 0.25) is 0 Å². The molecule has 2 saturated carbocycles. The second kappa shape index (κ2) is 11.5. The van der Waals surface area contributed by atoms with E-state index in [4.69, 9.17) is 0 Å². The summed E-state index contributed by atoms with van der Waals surface area (Å²) >= 11 is 0. The summed E-state index contributed by atoms with van der Waals surface area (Å²) in [5.41, 5.74) is 2.25. The Balaban J connectivity index is 1.22. The molecule has 0 nitrogen and oxygen atoms in total. The van der Waals surface area contributed by atoms with Crippen LogP contribution in [0.15, 0.2) is 42.5 Å². The van der Waals surface area contributed by atoms with E-state index in [2.05, 4.69) is 37.3 Å². The molecule has 2 aliphatic carbocycles. The maximum absolute atomic E-state index is 14.6. The van der Waals surface area contributed by atoms with E-state index < -0.39 is 0 Å². The van der Waals surface area contributed by atoms with Gasteiger partial charge in [0.15, 0.2) is 0 Å². The molecule has 32 heavy (non-hydrogen) atoms. The van der Waals surface area contributed by atoms with E-state index in [0.29, 0.717) is 5.92 Å². The Hall–Kier alpha value is -1.63. The number of hydrogen-bond donors (Lipinski definition) is 0. The number of halogens is 1. The van der Waals surface area contributed by atoms with Crippen LogP contribution in [0.1, 0.15) is 108 Å². The summed E-state index contributed by atoms with van der Waals surface area (Å²) in [7, 11) is 0. The van der Waals surface area contributed by atoms with E-state index >= 15 is 0 Å². The molecular weight excluding hydrogens is 391 g/mol. The maximum Gasteiger partial charge on any atom is 0.134 e. The minimum atomic E-state index is -0.0212. The summed E-state index contributed by atoms with van der Waals surface area (Å²) in [5, 5.41) is 1.86. The lowest BCUT2D eigenvalue weighted by molar-refractivity contribution is 0.225. The molecule has 2 aromatic carbocycles. The molecule has 0 N–H and O–H groups in total. The second-order valence-corrected chi connectivity index (χ2v) is 10.7. The highest BCUT2D eigenvalue weighted by atomic mass is 19.1. The van der Waals surface area contributed by atoms with Gasteiger partial charge in [-0.25, -0.2) is 4.39 Å². The van der Waals surface area contributed by atoms with E-state index in [1.54, 1.807) is 0 Å². The number of hydrogen-bond acceptors (Lipinski definition) is 0. The van der Waals surface area contributed by atoms with Gasteiger partial charge in [-0.05, 0) is 92.1 Å². The van der Waals surface area contributed by atoms with Crippen molar-refractivity contribution < 1.29 is 4.39 Å². The lowest BCUT2D eigenvalue weighted by Crippen LogP contribution is -2.17. The molecule has 0 aromatic heterocycles. The number of rotatable bonds is 8. The first-order valence-electron chi connectivity index (χ1n) is 13.5. The van der Waals surface area contributed by atoms with Gasteiger partial charge in [-0.2, -0.15) is 0 Å². The van der Waals surface area contributed by atoms with Gasteiger partial charge in [0.1, 0.15) is 5.82 Å². The van der Waals surface area contributed by atoms with Crippen LogP contribution >= 0.6 is 0 Å². The first kappa shape index (κ1) is 23.5. The third-order valence-corrected chi connectivity index (χ3v) is 8.68. The van der Waals surface area contributed by atoms with Crippen LogP contribution in [-0.2, 0) is 6.42 Å². The van der Waals surface area contributed by atoms with Crippen molar-refractivity contribution in [2.75, 3.05) is 0 Å². The molecule has 2 aliphatic rings. The molecule has 0 aliphatic heterocycles. The monoisotopic (exact) mass is 434 g/mol. The molecule has 0 atom stereocenters. The molecular formula is C31H43F. The SMILES string of the molecule is C/C=C/CCC1CCC(CCC2CCC(c3ccc4c(F)c(CC)ccc4c3)CC2)CC1. The molecule has 0 amide bonds. The Morgan fingerprint density at radius 2 is 1.44 bits per heavy atom. The minimum absolute atomic E-state index is 0.0212. The van der Waals surface area contributed by atoms with Gasteiger partial charge < -0.3 is 0 Å². The molecule has 0 spiro atoms. The summed E-state index contributed by atoms with van der Waals surface area (Å²) in [6.45, 7) is 4.16. The number of aryl methyl sites for hydroxylation is 1. The fraction of sp³-hybridized carbons (Fsp3) is 0.613. The molecule has 4 rings (SSSR count). The Kier molecular flexibility index (Phi) is 8.44. The van der Waals surface area contributed by atoms with Crippen molar-refractivity contribution in [3.05, 3.63) is 59.4 Å². The Bertz CT molecular complexity index is 879. The van der Waals surface area contributed by atoms with Crippen LogP contribution in [0.3, 0.4) is 0 Å². The quantitative estimate of drug-likeness (QED) is 0.363. The fourth-order valence-corrected chi connectivity index (χ4v) is 6.45. The van der Waals surface area contributed by atoms with E-state index in [1.165, 1.54) is 82.6 Å². The molecule has 2 aromatic rings. The van der Waals surface area contributed by atoms with E-state index in [0.717, 1.165) is 40.5 Å². The molecule has 0 saturated heterocycles. The number of fused-ring (bicyclic) bond motifs is 1. The van der Waals surface area contributed by atoms with Crippen molar-refractivity contribution in [1.82, 2.24) is 0 Å². The Morgan fingerprint density at radius 3 is 2.06 bits per heavy atom. The number of allylic oxidation sites excluding steroid dienone is 2. The average molecular weight is 435 g/mol. The topological polar surface area (TPSA) is 0 Å². The molecule has 1 heteroatoms. The normalized spacial score (nSPS) is 26.7. The first-order valence-corrected chi connectivity index (χ1v) is 13.5. The maximum atomic E-state index is 14.6. The van der Waals surface area contributed by atoms with E-state index in [9.17, 15) is 4.39 Å². The largest absolute Gasteiger partial charge is 0.206 e. The smallest absolute Gasteiger partial charge is 0.134 e. The van der Waals surface area contributed by atoms with Crippen molar-refractivity contribution in [1.29, 1.82) is 0 Å². The summed E-state index contributed by atoms with van der Waals surface area (Å²) in [4.78, 5) is 0. The molecule has 0 unspecified atom stereocenters. The molecule has 0 radical (unpaired) electrons. The lowest BCUT2D eigenvalue weighted by Gasteiger charge is -2.32. The first-order chi connectivity index (χ1) is 15.7. The van der Waals surface area contributed by atoms with Crippen molar-refractivity contribution in [3.8, 4) is 0 Å². The van der Waals surface area contributed by atoms with Gasteiger partial charge in [0.25, 0.3) is 0 Å². The lowest BCUT2D eigenvalue weighted by atomic mass is 9.74. The van der Waals surface area contributed by atoms with Crippen LogP contribution in [0, 0.1) is 23.6 Å². The molecule has 0 bridgehead atoms. The van der Waals surface area contributed by atoms with Gasteiger partial charge in [-0.15, -0.1) is 0 Å². The van der Waals surface area contributed by atoms with Crippen LogP contribution < -0.4 is 0 Å². The summed E-state index contributed by atoms with van der Waals surface area (Å²) in [5.74, 6) is 3.56. The summed E-state index contributed by atoms with van der Waals surface area (Å²) in [6, 6.07) is 10.6. The van der Waals surface area contributed by atoms with Crippen LogP contribution in [0.4, 0.5) is 4.39 Å². The van der Waals surface area contributed by atoms with Crippen molar-refractivity contribution in [3.63, 3.8) is 0 Å². The Labute approximate surface area is 195 Å². The summed E-state index contributed by atoms with van der Waals surface area (Å²) < 4.78 is 14.6. The van der Waals surface area contributed by atoms with Gasteiger partial charge in [0.05, 0.1) is 0 Å². The van der Waals surface area contributed by atoms with Crippen molar-refractivity contribution in [2.24, 2.45) is 17.8 Å². The molecule has 0 heterocycles. The standard InChI is InChI=1S/C31H43F/c1-3-5-6-7-23-8-10-24(11-9-23)12-13-25-14-16-27(17-15-25)28-20-21-30-29(22-28)19-18-26(4-2)31(30)32/h3,5,18-25,27H,4,6-17H2,1-2H3/b5-3+. The predicted molar refractivity (Wildman–Crippen MR) is 137 cm³/mol. The predicted octanol–water partition coefficient (Wildman–Crippen LogP) is 9.76. The zero-order valence-electron chi connectivity index (χ0n) is 20.4. The summed E-state index contributed by atoms with van der Waals surface area (Å²) in [6.07, 6.45) is 22.1. The number of benzene rings is 2. The zero-order chi connectivity index (χ0) is 22.3. The van der Waals surface area contributed by atoms with Crippen LogP contribution in [-0.4, -0.2) is 0 Å². The van der Waals surface area contributed by atoms with Crippen LogP contribution in [0.25, 0.3) is 10.8 Å². The molecule has 2 fully saturated rings. The van der Waals surface area contributed by atoms with Crippen molar-refractivity contribution >= 4 is 10.8 Å². The van der Waals surface area contributed by atoms with E-state index in [1.807, 2.05) is 19.1 Å². The van der Waals surface area contributed by atoms with Gasteiger partial charge in [-0.1, -0.05) is 87.9 Å². The Morgan fingerprint density at radius 1 is 0.812 bits per heavy atom. The third-order valence-electron chi connectivity index (χ3n) is 8.68. The molecule has 174 valence electrons. The van der Waals surface area contributed by atoms with Crippen LogP contribution in [0.5, 0.6) is 0 Å². The van der Waals surface area contributed by atoms with Crippen LogP contribution in [0.2, 0.25) is 0 Å².